The van der Waals surface area contributed by atoms with E-state index in [4.69, 9.17) is 14.5 Å². The Morgan fingerprint density at radius 2 is 1.20 bits per heavy atom. The Balaban J connectivity index is 1.11. The number of carbonyl (C=O) groups is 4. The summed E-state index contributed by atoms with van der Waals surface area (Å²) >= 11 is 0. The summed E-state index contributed by atoms with van der Waals surface area (Å²) in [6.45, 7) is 8.77. The molecule has 0 bridgehead atoms. The minimum atomic E-state index is -0.875. The molecule has 292 valence electrons. The number of ether oxygens (including phenoxy) is 2. The van der Waals surface area contributed by atoms with Crippen molar-refractivity contribution in [3.05, 3.63) is 72.6 Å². The average molecular weight is 753 g/mol. The maximum Gasteiger partial charge on any atom is 0.409 e. The van der Waals surface area contributed by atoms with Crippen LogP contribution < -0.4 is 5.32 Å². The highest BCUT2D eigenvalue weighted by Crippen LogP contribution is 2.35. The van der Waals surface area contributed by atoms with Crippen molar-refractivity contribution in [3.8, 4) is 33.6 Å². The van der Waals surface area contributed by atoms with Gasteiger partial charge in [0.05, 0.1) is 43.0 Å². The van der Waals surface area contributed by atoms with Crippen molar-refractivity contribution in [1.82, 2.24) is 40.0 Å². The molecule has 0 unspecified atom stereocenters. The summed E-state index contributed by atoms with van der Waals surface area (Å²) in [7, 11) is 4.40. The molecule has 2 aromatic carbocycles. The van der Waals surface area contributed by atoms with Crippen molar-refractivity contribution in [2.75, 3.05) is 34.3 Å². The largest absolute Gasteiger partial charge is 0.453 e. The van der Waals surface area contributed by atoms with Gasteiger partial charge in [-0.3, -0.25) is 14.5 Å². The molecule has 2 saturated heterocycles. The van der Waals surface area contributed by atoms with Gasteiger partial charge in [0.15, 0.2) is 6.10 Å². The molecule has 14 nitrogen and oxygen atoms in total. The maximum atomic E-state index is 13.7. The van der Waals surface area contributed by atoms with Crippen LogP contribution in [0.25, 0.3) is 33.6 Å². The van der Waals surface area contributed by atoms with Crippen LogP contribution in [0.1, 0.15) is 77.1 Å². The van der Waals surface area contributed by atoms with E-state index in [2.05, 4.69) is 56.7 Å². The van der Waals surface area contributed by atoms with E-state index in [1.807, 2.05) is 44.7 Å². The fourth-order valence-electron chi connectivity index (χ4n) is 7.75. The molecule has 2 fully saturated rings. The number of imidazole rings is 2. The number of carbonyl (C=O) groups excluding carboxylic acids is 4. The Morgan fingerprint density at radius 3 is 1.62 bits per heavy atom. The zero-order valence-electron chi connectivity index (χ0n) is 32.7. The normalized spacial score (nSPS) is 18.1. The summed E-state index contributed by atoms with van der Waals surface area (Å²) in [5.74, 6) is 0.856. The predicted octanol–water partition coefficient (Wildman–Crippen LogP) is 6.56. The number of hydrogen-bond donors (Lipinski definition) is 3. The predicted molar refractivity (Wildman–Crippen MR) is 207 cm³/mol. The number of aromatic nitrogens is 4. The molecule has 55 heavy (non-hydrogen) atoms. The standard InChI is InChI=1S/C41H52N8O6/c1-24(2)34(47(6)41(53)54-7)38(50)48-20-8-10-32(48)36-43-22-30(45-36)28-16-12-26(13-17-28)27-14-18-29(19-15-27)31-23-44-37(46-31)33-11-9-21-49(33)39(51)35(25(3)4)55-40(52)42-5/h12-19,22-25,32-35H,8-11,20-21H2,1-7H3,(H,42,52)(H,43,45)(H,44,46)/t32-,33-,34-,35-/m0/s1. The van der Waals surface area contributed by atoms with Crippen molar-refractivity contribution in [2.24, 2.45) is 11.8 Å². The SMILES string of the molecule is CNC(=O)O[C@H](C(=O)N1CCC[C@H]1c1ncc(-c2ccc(-c3ccc(-c4cnc([C@@H]5CCCN5C(=O)[C@H](C(C)C)N(C)C(=O)OC)[nH]4)cc3)cc2)[nH]1)C(C)C. The van der Waals surface area contributed by atoms with Crippen molar-refractivity contribution < 1.29 is 28.7 Å². The van der Waals surface area contributed by atoms with E-state index in [-0.39, 0.29) is 35.7 Å². The van der Waals surface area contributed by atoms with Gasteiger partial charge in [0, 0.05) is 27.2 Å². The first-order valence-corrected chi connectivity index (χ1v) is 19.0. The molecule has 0 radical (unpaired) electrons. The van der Waals surface area contributed by atoms with E-state index >= 15 is 0 Å². The van der Waals surface area contributed by atoms with Gasteiger partial charge in [0.2, 0.25) is 5.91 Å². The molecule has 4 atom stereocenters. The van der Waals surface area contributed by atoms with Gasteiger partial charge in [-0.15, -0.1) is 0 Å². The number of aromatic amines is 2. The lowest BCUT2D eigenvalue weighted by molar-refractivity contribution is -0.143. The molecule has 14 heteroatoms. The third-order valence-electron chi connectivity index (χ3n) is 10.7. The van der Waals surface area contributed by atoms with Gasteiger partial charge in [-0.05, 0) is 59.8 Å². The molecule has 6 rings (SSSR count). The minimum absolute atomic E-state index is 0.0905. The van der Waals surface area contributed by atoms with Crippen LogP contribution in [0, 0.1) is 11.8 Å². The first-order chi connectivity index (χ1) is 26.4. The number of likely N-dealkylation sites (N-methyl/N-ethyl adjacent to an activating group) is 1. The van der Waals surface area contributed by atoms with Crippen LogP contribution in [0.4, 0.5) is 9.59 Å². The van der Waals surface area contributed by atoms with Crippen molar-refractivity contribution in [3.63, 3.8) is 0 Å². The number of alkyl carbamates (subject to hydrolysis) is 1. The molecule has 3 N–H and O–H groups in total. The first kappa shape index (κ1) is 39.0. The quantitative estimate of drug-likeness (QED) is 0.155. The van der Waals surface area contributed by atoms with E-state index in [1.165, 1.54) is 19.1 Å². The Morgan fingerprint density at radius 1 is 0.745 bits per heavy atom. The number of benzene rings is 2. The summed E-state index contributed by atoms with van der Waals surface area (Å²) in [6.07, 6.45) is 4.81. The zero-order valence-corrected chi connectivity index (χ0v) is 32.7. The van der Waals surface area contributed by atoms with E-state index in [1.54, 1.807) is 24.3 Å². The number of rotatable bonds is 11. The van der Waals surface area contributed by atoms with Crippen LogP contribution in [0.2, 0.25) is 0 Å². The monoisotopic (exact) mass is 752 g/mol. The molecule has 0 spiro atoms. The second-order valence-corrected chi connectivity index (χ2v) is 15.0. The lowest BCUT2D eigenvalue weighted by Gasteiger charge is -2.34. The van der Waals surface area contributed by atoms with Crippen LogP contribution >= 0.6 is 0 Å². The van der Waals surface area contributed by atoms with Gasteiger partial charge in [0.25, 0.3) is 5.91 Å². The summed E-state index contributed by atoms with van der Waals surface area (Å²) in [4.78, 5) is 72.7. The molecular formula is C41H52N8O6. The number of nitrogens with one attached hydrogen (secondary N) is 3. The van der Waals surface area contributed by atoms with Crippen LogP contribution in [-0.2, 0) is 19.1 Å². The summed E-state index contributed by atoms with van der Waals surface area (Å²) < 4.78 is 10.3. The molecule has 2 aliphatic heterocycles. The molecule has 4 amide bonds. The van der Waals surface area contributed by atoms with Gasteiger partial charge >= 0.3 is 12.2 Å². The molecule has 4 heterocycles. The van der Waals surface area contributed by atoms with Crippen LogP contribution in [0.15, 0.2) is 60.9 Å². The molecule has 2 aromatic heterocycles. The second-order valence-electron chi connectivity index (χ2n) is 15.0. The molecular weight excluding hydrogens is 701 g/mol. The molecule has 2 aliphatic rings. The maximum absolute atomic E-state index is 13.7. The number of H-pyrrole nitrogens is 2. The summed E-state index contributed by atoms with van der Waals surface area (Å²) in [5.41, 5.74) is 5.77. The zero-order chi connectivity index (χ0) is 39.4. The Kier molecular flexibility index (Phi) is 11.9. The van der Waals surface area contributed by atoms with Crippen LogP contribution in [0.3, 0.4) is 0 Å². The lowest BCUT2D eigenvalue weighted by atomic mass is 10.0. The third-order valence-corrected chi connectivity index (χ3v) is 10.7. The van der Waals surface area contributed by atoms with Crippen LogP contribution in [0.5, 0.6) is 0 Å². The van der Waals surface area contributed by atoms with Crippen molar-refractivity contribution in [1.29, 1.82) is 0 Å². The minimum Gasteiger partial charge on any atom is -0.453 e. The highest BCUT2D eigenvalue weighted by Gasteiger charge is 2.40. The van der Waals surface area contributed by atoms with Crippen molar-refractivity contribution >= 4 is 24.0 Å². The van der Waals surface area contributed by atoms with Gasteiger partial charge in [0.1, 0.15) is 17.7 Å². The topological polar surface area (TPSA) is 166 Å². The summed E-state index contributed by atoms with van der Waals surface area (Å²) in [6, 6.07) is 15.4. The van der Waals surface area contributed by atoms with Gasteiger partial charge in [-0.25, -0.2) is 19.6 Å². The smallest absolute Gasteiger partial charge is 0.409 e. The van der Waals surface area contributed by atoms with Crippen molar-refractivity contribution in [2.45, 2.75) is 77.6 Å². The van der Waals surface area contributed by atoms with E-state index in [0.717, 1.165) is 65.1 Å². The third kappa shape index (κ3) is 8.23. The number of amides is 4. The highest BCUT2D eigenvalue weighted by atomic mass is 16.6. The Labute approximate surface area is 322 Å². The number of hydrogen-bond acceptors (Lipinski definition) is 8. The number of nitrogens with zero attached hydrogens (tertiary/aromatic N) is 5. The van der Waals surface area contributed by atoms with Gasteiger partial charge in [-0.1, -0.05) is 76.2 Å². The fraction of sp³-hybridized carbons (Fsp3) is 0.463. The fourth-order valence-corrected chi connectivity index (χ4v) is 7.75. The first-order valence-electron chi connectivity index (χ1n) is 19.0. The molecule has 0 saturated carbocycles. The van der Waals surface area contributed by atoms with Gasteiger partial charge < -0.3 is 34.6 Å². The summed E-state index contributed by atoms with van der Waals surface area (Å²) in [5, 5.41) is 2.43. The van der Waals surface area contributed by atoms with Crippen LogP contribution in [-0.4, -0.2) is 105 Å². The number of methoxy groups -OCH3 is 1. The molecule has 0 aliphatic carbocycles. The Hall–Kier alpha value is -5.66. The van der Waals surface area contributed by atoms with E-state index in [0.29, 0.717) is 18.9 Å². The molecule has 4 aromatic rings. The van der Waals surface area contributed by atoms with E-state index < -0.39 is 24.3 Å². The number of likely N-dealkylation sites (tertiary alicyclic amines) is 2. The average Bonchev–Trinajstić information content (AvgIpc) is 4.03. The lowest BCUT2D eigenvalue weighted by Crippen LogP contribution is -2.51. The second kappa shape index (κ2) is 16.8. The highest BCUT2D eigenvalue weighted by molar-refractivity contribution is 5.86. The van der Waals surface area contributed by atoms with Gasteiger partial charge in [-0.2, -0.15) is 0 Å². The van der Waals surface area contributed by atoms with E-state index in [9.17, 15) is 19.2 Å². The Bertz CT molecular complexity index is 1970.